The second kappa shape index (κ2) is 5.58. The Balaban J connectivity index is 2.25. The van der Waals surface area contributed by atoms with Crippen molar-refractivity contribution in [3.05, 3.63) is 11.9 Å². The van der Waals surface area contributed by atoms with E-state index in [0.29, 0.717) is 44.8 Å². The van der Waals surface area contributed by atoms with Crippen LogP contribution in [0.5, 0.6) is 0 Å². The van der Waals surface area contributed by atoms with E-state index < -0.39 is 5.41 Å². The van der Waals surface area contributed by atoms with Crippen molar-refractivity contribution in [2.45, 2.75) is 32.7 Å². The van der Waals surface area contributed by atoms with Crippen LogP contribution in [0.15, 0.2) is 6.20 Å². The quantitative estimate of drug-likeness (QED) is 0.777. The predicted octanol–water partition coefficient (Wildman–Crippen LogP) is 0.626. The number of carbonyl (C=O) groups excluding carboxylic acids is 1. The van der Waals surface area contributed by atoms with Crippen molar-refractivity contribution < 1.29 is 9.53 Å². The van der Waals surface area contributed by atoms with Gasteiger partial charge in [-0.3, -0.25) is 4.79 Å². The normalized spacial score (nSPS) is 18.8. The zero-order valence-electron chi connectivity index (χ0n) is 10.8. The summed E-state index contributed by atoms with van der Waals surface area (Å²) in [4.78, 5) is 12.7. The van der Waals surface area contributed by atoms with Gasteiger partial charge in [0.25, 0.3) is 0 Å². The van der Waals surface area contributed by atoms with Crippen LogP contribution in [0.4, 0.5) is 0 Å². The Labute approximate surface area is 106 Å². The molecule has 0 saturated carbocycles. The number of aryl methyl sites for hydroxylation is 1. The van der Waals surface area contributed by atoms with Crippen LogP contribution in [-0.2, 0) is 11.3 Å². The minimum atomic E-state index is -0.495. The van der Waals surface area contributed by atoms with Gasteiger partial charge in [-0.05, 0) is 19.3 Å². The summed E-state index contributed by atoms with van der Waals surface area (Å²) in [6.07, 6.45) is 3.83. The molecule has 0 bridgehead atoms. The first kappa shape index (κ1) is 13.2. The lowest BCUT2D eigenvalue weighted by Gasteiger charge is -2.34. The molecule has 18 heavy (non-hydrogen) atoms. The minimum absolute atomic E-state index is 0.0618. The molecular weight excluding hydrogens is 232 g/mol. The highest BCUT2D eigenvalue weighted by Gasteiger charge is 2.40. The maximum Gasteiger partial charge on any atom is 0.190 e. The average Bonchev–Trinajstić information content (AvgIpc) is 2.87. The number of hydrogen-bond acceptors (Lipinski definition) is 5. The molecule has 100 valence electrons. The molecule has 2 N–H and O–H groups in total. The number of ether oxygens (including phenoxy) is 1. The van der Waals surface area contributed by atoms with Crippen LogP contribution in [0.25, 0.3) is 0 Å². The third kappa shape index (κ3) is 2.30. The van der Waals surface area contributed by atoms with Crippen molar-refractivity contribution in [3.63, 3.8) is 0 Å². The minimum Gasteiger partial charge on any atom is -0.381 e. The van der Waals surface area contributed by atoms with Crippen LogP contribution in [0, 0.1) is 5.41 Å². The van der Waals surface area contributed by atoms with E-state index in [4.69, 9.17) is 10.5 Å². The smallest absolute Gasteiger partial charge is 0.190 e. The molecule has 0 atom stereocenters. The van der Waals surface area contributed by atoms with Gasteiger partial charge in [-0.15, -0.1) is 5.10 Å². The molecule has 1 saturated heterocycles. The van der Waals surface area contributed by atoms with Gasteiger partial charge in [-0.2, -0.15) is 0 Å². The highest BCUT2D eigenvalue weighted by atomic mass is 16.5. The van der Waals surface area contributed by atoms with Crippen molar-refractivity contribution in [3.8, 4) is 0 Å². The molecule has 2 heterocycles. The standard InChI is InChI=1S/C12H20N4O2/c1-2-5-16-10(8-14-15-16)11(17)12(9-13)3-6-18-7-4-12/h8H,2-7,9,13H2,1H3. The summed E-state index contributed by atoms with van der Waals surface area (Å²) in [7, 11) is 0. The van der Waals surface area contributed by atoms with E-state index in [-0.39, 0.29) is 5.78 Å². The number of rotatable bonds is 5. The van der Waals surface area contributed by atoms with Crippen molar-refractivity contribution in [2.24, 2.45) is 11.1 Å². The molecule has 1 aliphatic heterocycles. The number of nitrogens with two attached hydrogens (primary N) is 1. The van der Waals surface area contributed by atoms with Crippen LogP contribution < -0.4 is 5.73 Å². The van der Waals surface area contributed by atoms with E-state index in [1.54, 1.807) is 10.9 Å². The maximum atomic E-state index is 12.7. The Kier molecular flexibility index (Phi) is 4.08. The molecule has 6 heteroatoms. The summed E-state index contributed by atoms with van der Waals surface area (Å²) in [5.74, 6) is 0.0618. The molecule has 1 fully saturated rings. The number of Topliss-reactive ketones (excluding diaryl/α,β-unsaturated/α-hetero) is 1. The summed E-state index contributed by atoms with van der Waals surface area (Å²) in [5, 5.41) is 7.80. The lowest BCUT2D eigenvalue weighted by atomic mass is 9.75. The fourth-order valence-corrected chi connectivity index (χ4v) is 2.37. The second-order valence-corrected chi connectivity index (χ2v) is 4.77. The van der Waals surface area contributed by atoms with Crippen LogP contribution in [0.3, 0.4) is 0 Å². The first-order chi connectivity index (χ1) is 8.73. The van der Waals surface area contributed by atoms with Crippen molar-refractivity contribution >= 4 is 5.78 Å². The SMILES string of the molecule is CCCn1nncc1C(=O)C1(CN)CCOCC1. The van der Waals surface area contributed by atoms with E-state index in [0.717, 1.165) is 6.42 Å². The molecule has 6 nitrogen and oxygen atoms in total. The molecule has 0 amide bonds. The van der Waals surface area contributed by atoms with Gasteiger partial charge in [0.1, 0.15) is 5.69 Å². The van der Waals surface area contributed by atoms with Crippen LogP contribution >= 0.6 is 0 Å². The Hall–Kier alpha value is -1.27. The largest absolute Gasteiger partial charge is 0.381 e. The van der Waals surface area contributed by atoms with Gasteiger partial charge in [0.05, 0.1) is 11.6 Å². The zero-order chi connectivity index (χ0) is 13.0. The van der Waals surface area contributed by atoms with Gasteiger partial charge >= 0.3 is 0 Å². The van der Waals surface area contributed by atoms with Crippen molar-refractivity contribution in [1.29, 1.82) is 0 Å². The molecular formula is C12H20N4O2. The molecule has 0 aliphatic carbocycles. The van der Waals surface area contributed by atoms with Gasteiger partial charge < -0.3 is 10.5 Å². The number of hydrogen-bond donors (Lipinski definition) is 1. The van der Waals surface area contributed by atoms with E-state index in [9.17, 15) is 4.79 Å². The van der Waals surface area contributed by atoms with E-state index in [1.165, 1.54) is 0 Å². The van der Waals surface area contributed by atoms with Gasteiger partial charge in [0.15, 0.2) is 5.78 Å². The molecule has 0 unspecified atom stereocenters. The van der Waals surface area contributed by atoms with Gasteiger partial charge in [0.2, 0.25) is 0 Å². The number of carbonyl (C=O) groups is 1. The zero-order valence-corrected chi connectivity index (χ0v) is 10.8. The average molecular weight is 252 g/mol. The summed E-state index contributed by atoms with van der Waals surface area (Å²) in [6, 6.07) is 0. The third-order valence-corrected chi connectivity index (χ3v) is 3.61. The van der Waals surface area contributed by atoms with Gasteiger partial charge in [-0.25, -0.2) is 4.68 Å². The van der Waals surface area contributed by atoms with Crippen LogP contribution in [0.1, 0.15) is 36.7 Å². The van der Waals surface area contributed by atoms with E-state index >= 15 is 0 Å². The Bertz CT molecular complexity index is 410. The Morgan fingerprint density at radius 1 is 1.56 bits per heavy atom. The summed E-state index contributed by atoms with van der Waals surface area (Å²) in [6.45, 7) is 4.30. The monoisotopic (exact) mass is 252 g/mol. The fourth-order valence-electron chi connectivity index (χ4n) is 2.37. The first-order valence-corrected chi connectivity index (χ1v) is 6.44. The highest BCUT2D eigenvalue weighted by molar-refractivity contribution is 5.99. The Morgan fingerprint density at radius 3 is 2.89 bits per heavy atom. The van der Waals surface area contributed by atoms with Crippen molar-refractivity contribution in [1.82, 2.24) is 15.0 Å². The number of aromatic nitrogens is 3. The third-order valence-electron chi connectivity index (χ3n) is 3.61. The maximum absolute atomic E-state index is 12.7. The first-order valence-electron chi connectivity index (χ1n) is 6.44. The fraction of sp³-hybridized carbons (Fsp3) is 0.750. The van der Waals surface area contributed by atoms with E-state index in [1.807, 2.05) is 6.92 Å². The van der Waals surface area contributed by atoms with Crippen LogP contribution in [-0.4, -0.2) is 40.5 Å². The van der Waals surface area contributed by atoms with Crippen molar-refractivity contribution in [2.75, 3.05) is 19.8 Å². The molecule has 0 spiro atoms. The van der Waals surface area contributed by atoms with Gasteiger partial charge in [0, 0.05) is 26.3 Å². The lowest BCUT2D eigenvalue weighted by Crippen LogP contribution is -2.44. The summed E-state index contributed by atoms with van der Waals surface area (Å²) < 4.78 is 7.00. The Morgan fingerprint density at radius 2 is 2.28 bits per heavy atom. The molecule has 1 aromatic rings. The molecule has 2 rings (SSSR count). The predicted molar refractivity (Wildman–Crippen MR) is 66.2 cm³/mol. The van der Waals surface area contributed by atoms with Crippen LogP contribution in [0.2, 0.25) is 0 Å². The topological polar surface area (TPSA) is 83.0 Å². The highest BCUT2D eigenvalue weighted by Crippen LogP contribution is 2.33. The molecule has 0 aromatic carbocycles. The van der Waals surface area contributed by atoms with Gasteiger partial charge in [-0.1, -0.05) is 12.1 Å². The summed E-state index contributed by atoms with van der Waals surface area (Å²) in [5.41, 5.74) is 5.92. The lowest BCUT2D eigenvalue weighted by molar-refractivity contribution is 0.0194. The molecule has 0 radical (unpaired) electrons. The number of nitrogens with zero attached hydrogens (tertiary/aromatic N) is 3. The van der Waals surface area contributed by atoms with E-state index in [2.05, 4.69) is 10.3 Å². The summed E-state index contributed by atoms with van der Waals surface area (Å²) >= 11 is 0. The second-order valence-electron chi connectivity index (χ2n) is 4.77. The number of ketones is 1. The molecule has 1 aliphatic rings. The molecule has 1 aromatic heterocycles.